The lowest BCUT2D eigenvalue weighted by atomic mass is 10.1. The zero-order valence-corrected chi connectivity index (χ0v) is 11.5. The smallest absolute Gasteiger partial charge is 0.311 e. The number of nitrogens with zero attached hydrogens (tertiary/aromatic N) is 2. The van der Waals surface area contributed by atoms with Crippen molar-refractivity contribution in [3.05, 3.63) is 33.9 Å². The van der Waals surface area contributed by atoms with Gasteiger partial charge in [-0.05, 0) is 12.1 Å². The molecule has 0 bridgehead atoms. The quantitative estimate of drug-likeness (QED) is 0.172. The summed E-state index contributed by atoms with van der Waals surface area (Å²) in [6.45, 7) is 1.33. The highest BCUT2D eigenvalue weighted by Crippen LogP contribution is 2.27. The SMILES string of the molecule is COCCOCCOc1ccc(C(N)=NO)cc1[N+](=O)[O-]. The molecule has 1 aromatic rings. The first kappa shape index (κ1) is 16.7. The van der Waals surface area contributed by atoms with Gasteiger partial charge in [0.25, 0.3) is 0 Å². The first-order valence-corrected chi connectivity index (χ1v) is 6.06. The fourth-order valence-corrected chi connectivity index (χ4v) is 1.45. The maximum Gasteiger partial charge on any atom is 0.311 e. The molecule has 9 nitrogen and oxygen atoms in total. The molecule has 21 heavy (non-hydrogen) atoms. The molecule has 116 valence electrons. The zero-order chi connectivity index (χ0) is 15.7. The van der Waals surface area contributed by atoms with E-state index in [-0.39, 0.29) is 36.0 Å². The molecule has 9 heteroatoms. The molecule has 0 spiro atoms. The van der Waals surface area contributed by atoms with Crippen molar-refractivity contribution in [2.75, 3.05) is 33.5 Å². The van der Waals surface area contributed by atoms with E-state index in [1.165, 1.54) is 18.2 Å². The van der Waals surface area contributed by atoms with Crippen molar-refractivity contribution in [1.82, 2.24) is 0 Å². The van der Waals surface area contributed by atoms with Crippen LogP contribution in [-0.4, -0.2) is 49.5 Å². The van der Waals surface area contributed by atoms with Gasteiger partial charge in [0.2, 0.25) is 0 Å². The molecule has 0 fully saturated rings. The highest BCUT2D eigenvalue weighted by molar-refractivity contribution is 5.97. The molecule has 0 radical (unpaired) electrons. The Balaban J connectivity index is 2.67. The molecule has 0 saturated carbocycles. The number of rotatable bonds is 9. The second-order valence-corrected chi connectivity index (χ2v) is 3.88. The van der Waals surface area contributed by atoms with Gasteiger partial charge in [0.15, 0.2) is 11.6 Å². The van der Waals surface area contributed by atoms with E-state index in [0.29, 0.717) is 13.2 Å². The molecule has 0 amide bonds. The van der Waals surface area contributed by atoms with E-state index in [9.17, 15) is 10.1 Å². The van der Waals surface area contributed by atoms with Crippen LogP contribution in [-0.2, 0) is 9.47 Å². The first-order chi connectivity index (χ1) is 10.1. The molecule has 1 aromatic carbocycles. The Morgan fingerprint density at radius 2 is 2.10 bits per heavy atom. The van der Waals surface area contributed by atoms with Crippen LogP contribution in [0.1, 0.15) is 5.56 Å². The summed E-state index contributed by atoms with van der Waals surface area (Å²) >= 11 is 0. The Kier molecular flexibility index (Phi) is 6.92. The minimum absolute atomic E-state index is 0.0878. The van der Waals surface area contributed by atoms with E-state index >= 15 is 0 Å². The Bertz CT molecular complexity index is 506. The molecule has 0 atom stereocenters. The van der Waals surface area contributed by atoms with Gasteiger partial charge in [0, 0.05) is 18.7 Å². The molecule has 0 aromatic heterocycles. The van der Waals surface area contributed by atoms with E-state index in [2.05, 4.69) is 5.16 Å². The minimum atomic E-state index is -0.602. The monoisotopic (exact) mass is 299 g/mol. The summed E-state index contributed by atoms with van der Waals surface area (Å²) in [5, 5.41) is 22.4. The highest BCUT2D eigenvalue weighted by atomic mass is 16.6. The van der Waals surface area contributed by atoms with E-state index in [1.807, 2.05) is 0 Å². The van der Waals surface area contributed by atoms with Crippen LogP contribution >= 0.6 is 0 Å². The van der Waals surface area contributed by atoms with Crippen molar-refractivity contribution >= 4 is 11.5 Å². The van der Waals surface area contributed by atoms with Crippen molar-refractivity contribution in [2.24, 2.45) is 10.9 Å². The van der Waals surface area contributed by atoms with Gasteiger partial charge in [0.05, 0.1) is 24.7 Å². The number of amidine groups is 1. The number of nitrogens with two attached hydrogens (primary N) is 1. The van der Waals surface area contributed by atoms with Crippen LogP contribution in [0.25, 0.3) is 0 Å². The third kappa shape index (κ3) is 5.24. The summed E-state index contributed by atoms with van der Waals surface area (Å²) in [7, 11) is 1.56. The number of nitro groups is 1. The van der Waals surface area contributed by atoms with Gasteiger partial charge in [-0.15, -0.1) is 0 Å². The number of hydrogen-bond donors (Lipinski definition) is 2. The molecule has 0 unspecified atom stereocenters. The predicted octanol–water partition coefficient (Wildman–Crippen LogP) is 0.731. The van der Waals surface area contributed by atoms with E-state index in [0.717, 1.165) is 0 Å². The summed E-state index contributed by atoms with van der Waals surface area (Å²) in [5.41, 5.74) is 5.35. The fraction of sp³-hybridized carbons (Fsp3) is 0.417. The lowest BCUT2D eigenvalue weighted by Gasteiger charge is -2.08. The number of methoxy groups -OCH3 is 1. The average Bonchev–Trinajstić information content (AvgIpc) is 2.49. The standard InChI is InChI=1S/C12H17N3O6/c1-19-4-5-20-6-7-21-11-3-2-9(12(13)14-16)8-10(11)15(17)18/h2-3,8,16H,4-7H2,1H3,(H2,13,14). The Morgan fingerprint density at radius 3 is 2.71 bits per heavy atom. The third-order valence-corrected chi connectivity index (χ3v) is 2.48. The maximum atomic E-state index is 11.0. The molecule has 0 aliphatic carbocycles. The van der Waals surface area contributed by atoms with Crippen molar-refractivity contribution in [2.45, 2.75) is 0 Å². The van der Waals surface area contributed by atoms with Crippen molar-refractivity contribution in [3.63, 3.8) is 0 Å². The third-order valence-electron chi connectivity index (χ3n) is 2.48. The number of oxime groups is 1. The Labute approximate surface area is 121 Å². The van der Waals surface area contributed by atoms with E-state index < -0.39 is 4.92 Å². The molecular weight excluding hydrogens is 282 g/mol. The van der Waals surface area contributed by atoms with Crippen LogP contribution in [0.15, 0.2) is 23.4 Å². The lowest BCUT2D eigenvalue weighted by molar-refractivity contribution is -0.385. The largest absolute Gasteiger partial charge is 0.484 e. The minimum Gasteiger partial charge on any atom is -0.484 e. The summed E-state index contributed by atoms with van der Waals surface area (Å²) < 4.78 is 15.3. The van der Waals surface area contributed by atoms with Crippen molar-refractivity contribution < 1.29 is 24.3 Å². The summed E-state index contributed by atoms with van der Waals surface area (Å²) in [6, 6.07) is 4.03. The number of benzene rings is 1. The van der Waals surface area contributed by atoms with E-state index in [4.69, 9.17) is 25.2 Å². The second kappa shape index (κ2) is 8.72. The lowest BCUT2D eigenvalue weighted by Crippen LogP contribution is -2.14. The normalized spacial score (nSPS) is 11.4. The molecule has 0 saturated heterocycles. The van der Waals surface area contributed by atoms with E-state index in [1.54, 1.807) is 7.11 Å². The second-order valence-electron chi connectivity index (χ2n) is 3.88. The summed E-state index contributed by atoms with van der Waals surface area (Å²) in [6.07, 6.45) is 0. The average molecular weight is 299 g/mol. The van der Waals surface area contributed by atoms with Crippen molar-refractivity contribution in [1.29, 1.82) is 0 Å². The van der Waals surface area contributed by atoms with Gasteiger partial charge >= 0.3 is 5.69 Å². The van der Waals surface area contributed by atoms with Gasteiger partial charge in [-0.25, -0.2) is 0 Å². The Morgan fingerprint density at radius 1 is 1.38 bits per heavy atom. The zero-order valence-electron chi connectivity index (χ0n) is 11.5. The molecule has 0 aliphatic heterocycles. The van der Waals surface area contributed by atoms with Crippen molar-refractivity contribution in [3.8, 4) is 5.75 Å². The summed E-state index contributed by atoms with van der Waals surface area (Å²) in [4.78, 5) is 10.4. The molecule has 0 aliphatic rings. The molecule has 1 rings (SSSR count). The molecule has 0 heterocycles. The number of hydrogen-bond acceptors (Lipinski definition) is 7. The highest BCUT2D eigenvalue weighted by Gasteiger charge is 2.17. The van der Waals surface area contributed by atoms with Crippen LogP contribution in [0, 0.1) is 10.1 Å². The topological polar surface area (TPSA) is 129 Å². The van der Waals surface area contributed by atoms with Gasteiger partial charge < -0.3 is 25.2 Å². The van der Waals surface area contributed by atoms with Crippen LogP contribution in [0.4, 0.5) is 5.69 Å². The number of nitro benzene ring substituents is 1. The maximum absolute atomic E-state index is 11.0. The first-order valence-electron chi connectivity index (χ1n) is 6.06. The van der Waals surface area contributed by atoms with Crippen LogP contribution in [0.2, 0.25) is 0 Å². The summed E-state index contributed by atoms with van der Waals surface area (Å²) in [5.74, 6) is -0.127. The molecular formula is C12H17N3O6. The fourth-order valence-electron chi connectivity index (χ4n) is 1.45. The van der Waals surface area contributed by atoms with Crippen LogP contribution in [0.5, 0.6) is 5.75 Å². The number of ether oxygens (including phenoxy) is 3. The van der Waals surface area contributed by atoms with Gasteiger partial charge in [-0.2, -0.15) is 0 Å². The van der Waals surface area contributed by atoms with Crippen LogP contribution < -0.4 is 10.5 Å². The molecule has 3 N–H and O–H groups in total. The van der Waals surface area contributed by atoms with Gasteiger partial charge in [-0.3, -0.25) is 10.1 Å². The van der Waals surface area contributed by atoms with Crippen LogP contribution in [0.3, 0.4) is 0 Å². The Hall–Kier alpha value is -2.39. The van der Waals surface area contributed by atoms with Gasteiger partial charge in [-0.1, -0.05) is 5.16 Å². The predicted molar refractivity (Wildman–Crippen MR) is 73.8 cm³/mol. The van der Waals surface area contributed by atoms with Gasteiger partial charge in [0.1, 0.15) is 6.61 Å².